The molecule has 140 valence electrons. The molecule has 3 nitrogen and oxygen atoms in total. The van der Waals surface area contributed by atoms with Gasteiger partial charge in [-0.15, -0.1) is 4.57 Å². The lowest BCUT2D eigenvalue weighted by Crippen LogP contribution is -2.65. The van der Waals surface area contributed by atoms with Crippen LogP contribution >= 0.6 is 0 Å². The van der Waals surface area contributed by atoms with Crippen LogP contribution in [0.15, 0.2) is 58.2 Å². The van der Waals surface area contributed by atoms with Gasteiger partial charge in [-0.05, 0) is 50.3 Å². The van der Waals surface area contributed by atoms with E-state index < -0.39 is 0 Å². The highest BCUT2D eigenvalue weighted by atomic mass is 16.5. The molecule has 1 aromatic heterocycles. The van der Waals surface area contributed by atoms with Crippen molar-refractivity contribution in [2.24, 2.45) is 5.92 Å². The molecule has 0 bridgehead atoms. The van der Waals surface area contributed by atoms with Crippen molar-refractivity contribution in [3.05, 3.63) is 59.7 Å². The van der Waals surface area contributed by atoms with Gasteiger partial charge in [0.1, 0.15) is 11.3 Å². The molecular weight excluding hydrogens is 334 g/mol. The fraction of sp³-hybridized carbons (Fsp3) is 0.458. The van der Waals surface area contributed by atoms with Gasteiger partial charge in [0.25, 0.3) is 5.52 Å². The molecule has 1 aliphatic heterocycles. The van der Waals surface area contributed by atoms with E-state index in [0.717, 1.165) is 47.6 Å². The number of hydrogen-bond acceptors (Lipinski definition) is 2. The van der Waals surface area contributed by atoms with Gasteiger partial charge in [0.15, 0.2) is 5.60 Å². The van der Waals surface area contributed by atoms with Crippen LogP contribution in [0.25, 0.3) is 16.7 Å². The van der Waals surface area contributed by atoms with Crippen LogP contribution in [-0.2, 0) is 10.3 Å². The van der Waals surface area contributed by atoms with Gasteiger partial charge in [-0.2, -0.15) is 0 Å². The summed E-state index contributed by atoms with van der Waals surface area (Å²) in [5.41, 5.74) is 4.05. The van der Waals surface area contributed by atoms with Crippen molar-refractivity contribution in [2.45, 2.75) is 64.5 Å². The maximum atomic E-state index is 6.78. The maximum absolute atomic E-state index is 6.78. The van der Waals surface area contributed by atoms with E-state index in [1.54, 1.807) is 0 Å². The first-order chi connectivity index (χ1) is 12.9. The summed E-state index contributed by atoms with van der Waals surface area (Å²) in [6.45, 7) is 9.00. The van der Waals surface area contributed by atoms with E-state index in [2.05, 4.69) is 68.7 Å². The number of nitrogens with zero attached hydrogens (tertiary/aromatic N) is 1. The maximum Gasteiger partial charge on any atom is 0.385 e. The lowest BCUT2D eigenvalue weighted by Gasteiger charge is -2.38. The molecule has 0 saturated heterocycles. The van der Waals surface area contributed by atoms with Gasteiger partial charge < -0.3 is 9.15 Å². The van der Waals surface area contributed by atoms with Crippen molar-refractivity contribution in [3.8, 4) is 0 Å². The minimum absolute atomic E-state index is 0.216. The van der Waals surface area contributed by atoms with E-state index >= 15 is 0 Å². The average molecular weight is 362 g/mol. The first-order valence-electron chi connectivity index (χ1n) is 10.2. The van der Waals surface area contributed by atoms with Gasteiger partial charge in [0.05, 0.1) is 0 Å². The Bertz CT molecular complexity index is 1020. The normalized spacial score (nSPS) is 28.7. The molecule has 0 fully saturated rings. The molecule has 0 amide bonds. The summed E-state index contributed by atoms with van der Waals surface area (Å²) < 4.78 is 15.6. The van der Waals surface area contributed by atoms with Crippen LogP contribution in [0.2, 0.25) is 0 Å². The van der Waals surface area contributed by atoms with Crippen LogP contribution in [0.4, 0.5) is 0 Å². The fourth-order valence-corrected chi connectivity index (χ4v) is 4.99. The van der Waals surface area contributed by atoms with E-state index in [1.807, 2.05) is 6.07 Å². The number of oxazole rings is 1. The second kappa shape index (κ2) is 5.60. The molecule has 27 heavy (non-hydrogen) atoms. The summed E-state index contributed by atoms with van der Waals surface area (Å²) in [5, 5.41) is 0. The highest BCUT2D eigenvalue weighted by Gasteiger charge is 2.57. The summed E-state index contributed by atoms with van der Waals surface area (Å²) in [5.74, 6) is 2.59. The molecule has 2 atom stereocenters. The zero-order chi connectivity index (χ0) is 18.8. The second-order valence-corrected chi connectivity index (χ2v) is 8.81. The minimum atomic E-state index is -0.346. The molecule has 3 aliphatic rings. The predicted molar refractivity (Wildman–Crippen MR) is 107 cm³/mol. The molecule has 2 aromatic rings. The molecule has 2 heterocycles. The Balaban J connectivity index is 1.84. The number of ether oxygens (including phenoxy) is 1. The van der Waals surface area contributed by atoms with Crippen molar-refractivity contribution in [1.29, 1.82) is 0 Å². The van der Waals surface area contributed by atoms with Crippen molar-refractivity contribution < 1.29 is 13.7 Å². The Hall–Kier alpha value is -2.29. The molecule has 5 rings (SSSR count). The van der Waals surface area contributed by atoms with Crippen LogP contribution in [-0.4, -0.2) is 5.60 Å². The molecule has 0 radical (unpaired) electrons. The van der Waals surface area contributed by atoms with E-state index in [1.165, 1.54) is 12.0 Å². The van der Waals surface area contributed by atoms with E-state index in [4.69, 9.17) is 9.15 Å². The monoisotopic (exact) mass is 362 g/mol. The van der Waals surface area contributed by atoms with Crippen LogP contribution in [0, 0.1) is 5.92 Å². The quantitative estimate of drug-likeness (QED) is 0.612. The van der Waals surface area contributed by atoms with E-state index in [0.29, 0.717) is 5.92 Å². The SMILES string of the molecule is CCC1(C)[n+]2c(oc3ccccc32)C2=C(CC3CCC=CC3=C2)OC1(C)C. The summed E-state index contributed by atoms with van der Waals surface area (Å²) >= 11 is 0. The van der Waals surface area contributed by atoms with E-state index in [-0.39, 0.29) is 11.1 Å². The van der Waals surface area contributed by atoms with Gasteiger partial charge in [0.2, 0.25) is 11.1 Å². The molecule has 0 saturated carbocycles. The third-order valence-electron chi connectivity index (χ3n) is 7.11. The number of para-hydroxylation sites is 2. The Kier molecular flexibility index (Phi) is 3.50. The molecule has 2 unspecified atom stereocenters. The molecule has 0 spiro atoms. The van der Waals surface area contributed by atoms with Crippen molar-refractivity contribution in [3.63, 3.8) is 0 Å². The Labute approximate surface area is 161 Å². The predicted octanol–water partition coefficient (Wildman–Crippen LogP) is 5.66. The molecule has 1 aromatic carbocycles. The minimum Gasteiger partial charge on any atom is -0.484 e. The molecule has 0 N–H and O–H groups in total. The van der Waals surface area contributed by atoms with Crippen LogP contribution in [0.3, 0.4) is 0 Å². The third-order valence-corrected chi connectivity index (χ3v) is 7.11. The first kappa shape index (κ1) is 16.9. The number of aromatic nitrogens is 1. The number of benzene rings is 1. The van der Waals surface area contributed by atoms with Gasteiger partial charge in [0, 0.05) is 25.8 Å². The number of hydrogen-bond donors (Lipinski definition) is 0. The highest BCUT2D eigenvalue weighted by molar-refractivity contribution is 5.77. The lowest BCUT2D eigenvalue weighted by molar-refractivity contribution is -0.759. The van der Waals surface area contributed by atoms with Gasteiger partial charge >= 0.3 is 5.89 Å². The summed E-state index contributed by atoms with van der Waals surface area (Å²) in [6, 6.07) is 8.37. The van der Waals surface area contributed by atoms with Crippen LogP contribution in [0.5, 0.6) is 0 Å². The van der Waals surface area contributed by atoms with Crippen molar-refractivity contribution in [2.75, 3.05) is 0 Å². The first-order valence-corrected chi connectivity index (χ1v) is 10.2. The Morgan fingerprint density at radius 2 is 2.00 bits per heavy atom. The summed E-state index contributed by atoms with van der Waals surface area (Å²) in [4.78, 5) is 0. The lowest BCUT2D eigenvalue weighted by atomic mass is 9.80. The van der Waals surface area contributed by atoms with E-state index in [9.17, 15) is 0 Å². The Morgan fingerprint density at radius 1 is 1.19 bits per heavy atom. The third kappa shape index (κ3) is 2.24. The van der Waals surface area contributed by atoms with Crippen molar-refractivity contribution >= 4 is 16.7 Å². The van der Waals surface area contributed by atoms with Crippen molar-refractivity contribution in [1.82, 2.24) is 0 Å². The summed E-state index contributed by atoms with van der Waals surface area (Å²) in [7, 11) is 0. The number of fused-ring (bicyclic) bond motifs is 5. The summed E-state index contributed by atoms with van der Waals surface area (Å²) in [6.07, 6.45) is 11.2. The fourth-order valence-electron chi connectivity index (χ4n) is 4.99. The van der Waals surface area contributed by atoms with Gasteiger partial charge in [-0.1, -0.05) is 31.2 Å². The number of rotatable bonds is 1. The number of allylic oxidation sites excluding steroid dienone is 6. The van der Waals surface area contributed by atoms with Crippen LogP contribution in [0.1, 0.15) is 59.3 Å². The second-order valence-electron chi connectivity index (χ2n) is 8.81. The van der Waals surface area contributed by atoms with Gasteiger partial charge in [-0.3, -0.25) is 0 Å². The smallest absolute Gasteiger partial charge is 0.385 e. The standard InChI is InChI=1S/C24H28NO2/c1-5-24(4)23(2,3)27-21-15-17-11-7-6-10-16(17)14-18(21)22-25(24)19-12-8-9-13-20(19)26-22/h6,8-10,12-14,17H,5,7,11,15H2,1-4H3/q+1. The highest BCUT2D eigenvalue weighted by Crippen LogP contribution is 2.46. The Morgan fingerprint density at radius 3 is 2.81 bits per heavy atom. The average Bonchev–Trinajstić information content (AvgIpc) is 3.03. The molecular formula is C24H28NO2+. The zero-order valence-electron chi connectivity index (χ0n) is 16.7. The largest absolute Gasteiger partial charge is 0.484 e. The topological polar surface area (TPSA) is 26.2 Å². The molecule has 3 heteroatoms. The van der Waals surface area contributed by atoms with Gasteiger partial charge in [-0.25, -0.2) is 0 Å². The zero-order valence-corrected chi connectivity index (χ0v) is 16.7. The molecule has 2 aliphatic carbocycles. The van der Waals surface area contributed by atoms with Crippen LogP contribution < -0.4 is 4.57 Å².